The number of thiophene rings is 1. The molecule has 2 aromatic carbocycles. The SMILES string of the molecule is Cc1ccc2c(c1)N=C(c1ccc(CC(=O)CS(=O)(=O)c3ccc(Cl)s3)cc1)C2=O. The van der Waals surface area contributed by atoms with Gasteiger partial charge in [-0.25, -0.2) is 13.4 Å². The molecule has 8 heteroatoms. The van der Waals surface area contributed by atoms with E-state index in [-0.39, 0.29) is 16.4 Å². The van der Waals surface area contributed by atoms with Gasteiger partial charge in [-0.05, 0) is 42.3 Å². The van der Waals surface area contributed by atoms with Crippen molar-refractivity contribution in [3.05, 3.63) is 81.2 Å². The maximum atomic E-state index is 12.6. The third-order valence-corrected chi connectivity index (χ3v) is 8.17. The number of hydrogen-bond donors (Lipinski definition) is 0. The zero-order valence-corrected chi connectivity index (χ0v) is 18.3. The van der Waals surface area contributed by atoms with Crippen molar-refractivity contribution in [2.45, 2.75) is 17.6 Å². The summed E-state index contributed by atoms with van der Waals surface area (Å²) in [5.41, 5.74) is 3.96. The van der Waals surface area contributed by atoms with E-state index >= 15 is 0 Å². The fourth-order valence-corrected chi connectivity index (χ4v) is 6.04. The zero-order valence-electron chi connectivity index (χ0n) is 15.9. The highest BCUT2D eigenvalue weighted by Crippen LogP contribution is 2.30. The van der Waals surface area contributed by atoms with Crippen LogP contribution in [0, 0.1) is 6.92 Å². The largest absolute Gasteiger partial charge is 0.298 e. The summed E-state index contributed by atoms with van der Waals surface area (Å²) in [6, 6.07) is 15.3. The van der Waals surface area contributed by atoms with Gasteiger partial charge in [0.1, 0.15) is 15.7 Å². The highest BCUT2D eigenvalue weighted by molar-refractivity contribution is 7.94. The predicted octanol–water partition coefficient (Wildman–Crippen LogP) is 4.61. The molecule has 0 bridgehead atoms. The monoisotopic (exact) mass is 457 g/mol. The number of sulfone groups is 1. The number of ketones is 2. The van der Waals surface area contributed by atoms with Crippen LogP contribution in [0.2, 0.25) is 4.34 Å². The van der Waals surface area contributed by atoms with Crippen LogP contribution >= 0.6 is 22.9 Å². The summed E-state index contributed by atoms with van der Waals surface area (Å²) in [6.07, 6.45) is -0.0154. The number of aryl methyl sites for hydroxylation is 1. The third kappa shape index (κ3) is 4.14. The van der Waals surface area contributed by atoms with Crippen molar-refractivity contribution in [1.29, 1.82) is 0 Å². The lowest BCUT2D eigenvalue weighted by atomic mass is 10.00. The van der Waals surface area contributed by atoms with Crippen molar-refractivity contribution in [3.8, 4) is 0 Å². The molecule has 1 aromatic heterocycles. The normalized spacial score (nSPS) is 13.3. The Morgan fingerprint density at radius 3 is 2.47 bits per heavy atom. The van der Waals surface area contributed by atoms with Gasteiger partial charge in [-0.3, -0.25) is 9.59 Å². The molecule has 5 nitrogen and oxygen atoms in total. The van der Waals surface area contributed by atoms with Crippen LogP contribution < -0.4 is 0 Å². The Morgan fingerprint density at radius 2 is 1.80 bits per heavy atom. The molecule has 1 aliphatic rings. The number of rotatable bonds is 6. The molecule has 0 spiro atoms. The standard InChI is InChI=1S/C22H16ClNO4S2/c1-13-2-7-17-18(10-13)24-21(22(17)26)15-5-3-14(4-6-15)11-16(25)12-30(27,28)20-9-8-19(23)29-20/h2-10H,11-12H2,1H3. The molecule has 0 radical (unpaired) electrons. The number of hydrogen-bond acceptors (Lipinski definition) is 6. The average molecular weight is 458 g/mol. The van der Waals surface area contributed by atoms with Crippen LogP contribution in [0.1, 0.15) is 27.0 Å². The molecule has 0 saturated carbocycles. The lowest BCUT2D eigenvalue weighted by molar-refractivity contribution is -0.116. The van der Waals surface area contributed by atoms with E-state index in [4.69, 9.17) is 11.6 Å². The van der Waals surface area contributed by atoms with Gasteiger partial charge in [0.15, 0.2) is 15.6 Å². The zero-order chi connectivity index (χ0) is 21.5. The molecule has 0 atom stereocenters. The molecule has 0 aliphatic carbocycles. The Hall–Kier alpha value is -2.61. The average Bonchev–Trinajstić information content (AvgIpc) is 3.26. The molecule has 3 aromatic rings. The van der Waals surface area contributed by atoms with Gasteiger partial charge >= 0.3 is 0 Å². The van der Waals surface area contributed by atoms with Crippen molar-refractivity contribution in [2.24, 2.45) is 4.99 Å². The summed E-state index contributed by atoms with van der Waals surface area (Å²) < 4.78 is 25.1. The Bertz CT molecular complexity index is 1310. The van der Waals surface area contributed by atoms with E-state index in [0.717, 1.165) is 16.9 Å². The van der Waals surface area contributed by atoms with E-state index in [2.05, 4.69) is 4.99 Å². The first-order valence-electron chi connectivity index (χ1n) is 9.06. The fraction of sp³-hybridized carbons (Fsp3) is 0.136. The highest BCUT2D eigenvalue weighted by atomic mass is 35.5. The van der Waals surface area contributed by atoms with Gasteiger partial charge in [-0.15, -0.1) is 11.3 Å². The first-order chi connectivity index (χ1) is 14.2. The summed E-state index contributed by atoms with van der Waals surface area (Å²) in [6.45, 7) is 1.94. The first kappa shape index (κ1) is 20.7. The van der Waals surface area contributed by atoms with E-state index < -0.39 is 21.4 Å². The number of aliphatic imine (C=N–C) groups is 1. The number of fused-ring (bicyclic) bond motifs is 1. The maximum absolute atomic E-state index is 12.6. The summed E-state index contributed by atoms with van der Waals surface area (Å²) in [5, 5.41) is 0. The number of carbonyl (C=O) groups is 2. The third-order valence-electron chi connectivity index (χ3n) is 4.68. The van der Waals surface area contributed by atoms with Crippen molar-refractivity contribution >= 4 is 55.7 Å². The minimum atomic E-state index is -3.70. The van der Waals surface area contributed by atoms with E-state index in [1.165, 1.54) is 12.1 Å². The van der Waals surface area contributed by atoms with Gasteiger partial charge in [0, 0.05) is 17.5 Å². The second-order valence-electron chi connectivity index (χ2n) is 7.04. The molecule has 0 amide bonds. The lowest BCUT2D eigenvalue weighted by Crippen LogP contribution is -2.17. The van der Waals surface area contributed by atoms with E-state index in [0.29, 0.717) is 32.4 Å². The van der Waals surface area contributed by atoms with Gasteiger partial charge in [0.2, 0.25) is 5.78 Å². The predicted molar refractivity (Wildman–Crippen MR) is 118 cm³/mol. The number of Topliss-reactive ketones (excluding diaryl/α,β-unsaturated/α-hetero) is 2. The molecule has 0 saturated heterocycles. The van der Waals surface area contributed by atoms with Crippen molar-refractivity contribution < 1.29 is 18.0 Å². The summed E-state index contributed by atoms with van der Waals surface area (Å²) in [5.74, 6) is -1.12. The number of nitrogens with zero attached hydrogens (tertiary/aromatic N) is 1. The minimum Gasteiger partial charge on any atom is -0.298 e. The van der Waals surface area contributed by atoms with E-state index in [1.807, 2.05) is 19.1 Å². The van der Waals surface area contributed by atoms with E-state index in [9.17, 15) is 18.0 Å². The lowest BCUT2D eigenvalue weighted by Gasteiger charge is -2.04. The van der Waals surface area contributed by atoms with Crippen LogP contribution in [0.15, 0.2) is 63.8 Å². The minimum absolute atomic E-state index is 0.0154. The van der Waals surface area contributed by atoms with Gasteiger partial charge in [-0.2, -0.15) is 0 Å². The molecule has 1 aliphatic heterocycles. The van der Waals surface area contributed by atoms with Crippen molar-refractivity contribution in [3.63, 3.8) is 0 Å². The maximum Gasteiger partial charge on any atom is 0.214 e. The summed E-state index contributed by atoms with van der Waals surface area (Å²) >= 11 is 6.72. The molecule has 30 heavy (non-hydrogen) atoms. The molecule has 0 N–H and O–H groups in total. The Kier molecular flexibility index (Phi) is 5.44. The second kappa shape index (κ2) is 7.91. The molecule has 4 rings (SSSR count). The van der Waals surface area contributed by atoms with Gasteiger partial charge in [0.25, 0.3) is 0 Å². The van der Waals surface area contributed by atoms with Crippen LogP contribution in [0.4, 0.5) is 5.69 Å². The van der Waals surface area contributed by atoms with Gasteiger partial charge < -0.3 is 0 Å². The quantitative estimate of drug-likeness (QED) is 0.541. The van der Waals surface area contributed by atoms with Gasteiger partial charge in [0.05, 0.1) is 10.0 Å². The van der Waals surface area contributed by atoms with E-state index in [1.54, 1.807) is 30.3 Å². The van der Waals surface area contributed by atoms with Crippen molar-refractivity contribution in [2.75, 3.05) is 5.75 Å². The Morgan fingerprint density at radius 1 is 1.07 bits per heavy atom. The fourth-order valence-electron chi connectivity index (χ4n) is 3.23. The second-order valence-corrected chi connectivity index (χ2v) is 11.0. The smallest absolute Gasteiger partial charge is 0.214 e. The van der Waals surface area contributed by atoms with Crippen LogP contribution in [-0.2, 0) is 21.1 Å². The summed E-state index contributed by atoms with van der Waals surface area (Å²) in [4.78, 5) is 29.4. The molecule has 0 unspecified atom stereocenters. The van der Waals surface area contributed by atoms with Crippen molar-refractivity contribution in [1.82, 2.24) is 0 Å². The topological polar surface area (TPSA) is 80.6 Å². The first-order valence-corrected chi connectivity index (χ1v) is 11.9. The molecule has 152 valence electrons. The van der Waals surface area contributed by atoms with Crippen LogP contribution in [0.3, 0.4) is 0 Å². The van der Waals surface area contributed by atoms with Gasteiger partial charge in [-0.1, -0.05) is 41.9 Å². The molecule has 0 fully saturated rings. The number of benzene rings is 2. The van der Waals surface area contributed by atoms with Crippen LogP contribution in [0.5, 0.6) is 0 Å². The number of carbonyl (C=O) groups excluding carboxylic acids is 2. The highest BCUT2D eigenvalue weighted by Gasteiger charge is 2.26. The molecular formula is C22H16ClNO4S2. The summed E-state index contributed by atoms with van der Waals surface area (Å²) in [7, 11) is -3.70. The molecule has 2 heterocycles. The molecular weight excluding hydrogens is 442 g/mol. The Labute approximate surface area is 183 Å². The van der Waals surface area contributed by atoms with Crippen LogP contribution in [0.25, 0.3) is 0 Å². The Balaban J connectivity index is 1.46. The van der Waals surface area contributed by atoms with Crippen LogP contribution in [-0.4, -0.2) is 31.4 Å². The number of halogens is 1.